The van der Waals surface area contributed by atoms with E-state index >= 15 is 0 Å². The first-order valence-corrected chi connectivity index (χ1v) is 5.39. The molecule has 6 nitrogen and oxygen atoms in total. The summed E-state index contributed by atoms with van der Waals surface area (Å²) in [6.07, 6.45) is 0.914. The molecule has 0 aliphatic heterocycles. The fourth-order valence-corrected chi connectivity index (χ4v) is 1.49. The molecule has 0 unspecified atom stereocenters. The Morgan fingerprint density at radius 2 is 2.06 bits per heavy atom. The molecule has 6 heteroatoms. The van der Waals surface area contributed by atoms with Crippen molar-refractivity contribution in [1.29, 1.82) is 0 Å². The lowest BCUT2D eigenvalue weighted by Crippen LogP contribution is -2.09. The van der Waals surface area contributed by atoms with Crippen molar-refractivity contribution in [3.05, 3.63) is 29.8 Å². The van der Waals surface area contributed by atoms with Gasteiger partial charge < -0.3 is 10.1 Å². The van der Waals surface area contributed by atoms with Gasteiger partial charge in [0, 0.05) is 13.6 Å². The maximum atomic E-state index is 5.10. The zero-order valence-corrected chi connectivity index (χ0v) is 9.92. The van der Waals surface area contributed by atoms with E-state index in [9.17, 15) is 0 Å². The molecule has 17 heavy (non-hydrogen) atoms. The Morgan fingerprint density at radius 3 is 2.65 bits per heavy atom. The number of hydrogen-bond acceptors (Lipinski definition) is 5. The topological polar surface area (TPSA) is 64.9 Å². The number of rotatable bonds is 5. The van der Waals surface area contributed by atoms with Gasteiger partial charge in [0.1, 0.15) is 5.75 Å². The number of anilines is 1. The number of benzene rings is 1. The molecule has 0 saturated heterocycles. The van der Waals surface area contributed by atoms with Gasteiger partial charge in [0.25, 0.3) is 0 Å². The van der Waals surface area contributed by atoms with Crippen molar-refractivity contribution in [2.45, 2.75) is 6.42 Å². The Labute approximate surface area is 99.6 Å². The molecule has 0 atom stereocenters. The summed E-state index contributed by atoms with van der Waals surface area (Å²) < 4.78 is 6.71. The van der Waals surface area contributed by atoms with Crippen molar-refractivity contribution < 1.29 is 4.74 Å². The van der Waals surface area contributed by atoms with Gasteiger partial charge in [0.15, 0.2) is 0 Å². The van der Waals surface area contributed by atoms with Crippen molar-refractivity contribution in [3.8, 4) is 5.75 Å². The van der Waals surface area contributed by atoms with Crippen molar-refractivity contribution in [3.63, 3.8) is 0 Å². The summed E-state index contributed by atoms with van der Waals surface area (Å²) in [5.74, 6) is 1.55. The van der Waals surface area contributed by atoms with Crippen LogP contribution in [0.15, 0.2) is 24.3 Å². The van der Waals surface area contributed by atoms with Gasteiger partial charge in [-0.05, 0) is 34.5 Å². The first kappa shape index (κ1) is 11.4. The van der Waals surface area contributed by atoms with E-state index in [0.717, 1.165) is 18.7 Å². The lowest BCUT2D eigenvalue weighted by Gasteiger charge is -2.05. The average molecular weight is 233 g/mol. The molecule has 0 saturated carbocycles. The standard InChI is InChI=1S/C11H15N5O/c1-16-11(13-14-15-16)12-8-7-9-3-5-10(17-2)6-4-9/h3-6H,7-8H2,1-2H3,(H,12,13,15). The highest BCUT2D eigenvalue weighted by molar-refractivity contribution is 5.28. The molecule has 0 spiro atoms. The number of nitrogens with one attached hydrogen (secondary N) is 1. The second-order valence-electron chi connectivity index (χ2n) is 3.65. The van der Waals surface area contributed by atoms with Crippen LogP contribution in [-0.2, 0) is 13.5 Å². The summed E-state index contributed by atoms with van der Waals surface area (Å²) in [5.41, 5.74) is 1.24. The van der Waals surface area contributed by atoms with Crippen LogP contribution >= 0.6 is 0 Å². The maximum Gasteiger partial charge on any atom is 0.242 e. The van der Waals surface area contributed by atoms with E-state index in [1.54, 1.807) is 18.8 Å². The predicted molar refractivity (Wildman–Crippen MR) is 64.0 cm³/mol. The summed E-state index contributed by atoms with van der Waals surface area (Å²) in [6.45, 7) is 0.792. The van der Waals surface area contributed by atoms with Crippen molar-refractivity contribution in [1.82, 2.24) is 20.2 Å². The lowest BCUT2D eigenvalue weighted by atomic mass is 10.1. The molecule has 0 aliphatic carbocycles. The summed E-state index contributed by atoms with van der Waals surface area (Å²) >= 11 is 0. The fraction of sp³-hybridized carbons (Fsp3) is 0.364. The van der Waals surface area contributed by atoms with Gasteiger partial charge >= 0.3 is 0 Å². The third kappa shape index (κ3) is 2.93. The van der Waals surface area contributed by atoms with E-state index in [2.05, 4.69) is 33.0 Å². The first-order chi connectivity index (χ1) is 8.29. The summed E-state index contributed by atoms with van der Waals surface area (Å²) in [7, 11) is 3.47. The van der Waals surface area contributed by atoms with E-state index in [-0.39, 0.29) is 0 Å². The number of aryl methyl sites for hydroxylation is 1. The fourth-order valence-electron chi connectivity index (χ4n) is 1.49. The Morgan fingerprint density at radius 1 is 1.29 bits per heavy atom. The molecule has 0 amide bonds. The van der Waals surface area contributed by atoms with Crippen LogP contribution in [0.4, 0.5) is 5.95 Å². The lowest BCUT2D eigenvalue weighted by molar-refractivity contribution is 0.414. The van der Waals surface area contributed by atoms with Gasteiger partial charge in [-0.25, -0.2) is 4.68 Å². The number of ether oxygens (including phenoxy) is 1. The smallest absolute Gasteiger partial charge is 0.242 e. The highest BCUT2D eigenvalue weighted by Gasteiger charge is 2.00. The molecule has 0 aliphatic rings. The van der Waals surface area contributed by atoms with E-state index in [1.807, 2.05) is 12.1 Å². The summed E-state index contributed by atoms with van der Waals surface area (Å²) in [4.78, 5) is 0. The predicted octanol–water partition coefficient (Wildman–Crippen LogP) is 0.873. The molecule has 0 bridgehead atoms. The molecular weight excluding hydrogens is 218 g/mol. The Bertz CT molecular complexity index is 465. The molecule has 0 fully saturated rings. The third-order valence-corrected chi connectivity index (χ3v) is 2.48. The number of methoxy groups -OCH3 is 1. The van der Waals surface area contributed by atoms with Crippen LogP contribution in [0, 0.1) is 0 Å². The molecule has 1 aromatic carbocycles. The number of nitrogens with zero attached hydrogens (tertiary/aromatic N) is 4. The molecule has 90 valence electrons. The zero-order valence-electron chi connectivity index (χ0n) is 9.92. The van der Waals surface area contributed by atoms with Crippen LogP contribution in [-0.4, -0.2) is 33.9 Å². The minimum Gasteiger partial charge on any atom is -0.497 e. The van der Waals surface area contributed by atoms with E-state index < -0.39 is 0 Å². The largest absolute Gasteiger partial charge is 0.497 e. The van der Waals surface area contributed by atoms with Gasteiger partial charge in [0.2, 0.25) is 5.95 Å². The van der Waals surface area contributed by atoms with Crippen LogP contribution < -0.4 is 10.1 Å². The van der Waals surface area contributed by atoms with Crippen LogP contribution in [0.2, 0.25) is 0 Å². The van der Waals surface area contributed by atoms with Crippen LogP contribution in [0.25, 0.3) is 0 Å². The second-order valence-corrected chi connectivity index (χ2v) is 3.65. The summed E-state index contributed by atoms with van der Waals surface area (Å²) in [5, 5.41) is 14.3. The molecule has 1 aromatic heterocycles. The quantitative estimate of drug-likeness (QED) is 0.830. The van der Waals surface area contributed by atoms with Gasteiger partial charge in [-0.15, -0.1) is 0 Å². The third-order valence-electron chi connectivity index (χ3n) is 2.48. The van der Waals surface area contributed by atoms with Gasteiger partial charge in [0.05, 0.1) is 7.11 Å². The van der Waals surface area contributed by atoms with Crippen LogP contribution in [0.3, 0.4) is 0 Å². The van der Waals surface area contributed by atoms with E-state index in [0.29, 0.717) is 5.95 Å². The van der Waals surface area contributed by atoms with Gasteiger partial charge in [-0.3, -0.25) is 0 Å². The summed E-state index contributed by atoms with van der Waals surface area (Å²) in [6, 6.07) is 8.02. The van der Waals surface area contributed by atoms with Crippen LogP contribution in [0.5, 0.6) is 5.75 Å². The van der Waals surface area contributed by atoms with Crippen LogP contribution in [0.1, 0.15) is 5.56 Å². The number of hydrogen-bond donors (Lipinski definition) is 1. The van der Waals surface area contributed by atoms with Crippen molar-refractivity contribution >= 4 is 5.95 Å². The molecular formula is C11H15N5O. The minimum atomic E-state index is 0.679. The van der Waals surface area contributed by atoms with E-state index in [1.165, 1.54) is 5.56 Å². The molecule has 0 radical (unpaired) electrons. The maximum absolute atomic E-state index is 5.10. The molecule has 1 heterocycles. The normalized spacial score (nSPS) is 10.2. The Balaban J connectivity index is 1.83. The average Bonchev–Trinajstić information content (AvgIpc) is 2.76. The Hall–Kier alpha value is -2.11. The molecule has 2 aromatic rings. The highest BCUT2D eigenvalue weighted by Crippen LogP contribution is 2.11. The zero-order chi connectivity index (χ0) is 12.1. The van der Waals surface area contributed by atoms with Gasteiger partial charge in [-0.1, -0.05) is 17.2 Å². The van der Waals surface area contributed by atoms with Crippen molar-refractivity contribution in [2.75, 3.05) is 19.0 Å². The second kappa shape index (κ2) is 5.29. The Kier molecular flexibility index (Phi) is 3.54. The monoisotopic (exact) mass is 233 g/mol. The van der Waals surface area contributed by atoms with Crippen molar-refractivity contribution in [2.24, 2.45) is 7.05 Å². The van der Waals surface area contributed by atoms with E-state index in [4.69, 9.17) is 4.74 Å². The molecule has 1 N–H and O–H groups in total. The minimum absolute atomic E-state index is 0.679. The number of tetrazole rings is 1. The number of aromatic nitrogens is 4. The van der Waals surface area contributed by atoms with Gasteiger partial charge in [-0.2, -0.15) is 0 Å². The molecule has 2 rings (SSSR count). The SMILES string of the molecule is COc1ccc(CCNc2nnnn2C)cc1. The highest BCUT2D eigenvalue weighted by atomic mass is 16.5. The first-order valence-electron chi connectivity index (χ1n) is 5.39.